The van der Waals surface area contributed by atoms with Gasteiger partial charge in [-0.25, -0.2) is 4.98 Å². The number of likely N-dealkylation sites (N-methyl/N-ethyl adjacent to an activating group) is 1. The molecule has 0 spiro atoms. The Hall–Kier alpha value is -1.17. The number of halogens is 1. The number of benzene rings is 1. The molecular weight excluding hydrogens is 346 g/mol. The second-order valence-corrected chi connectivity index (χ2v) is 6.99. The summed E-state index contributed by atoms with van der Waals surface area (Å²) in [5.74, 6) is 0. The van der Waals surface area contributed by atoms with Crippen molar-refractivity contribution in [1.82, 2.24) is 14.7 Å². The molecule has 0 radical (unpaired) electrons. The lowest BCUT2D eigenvalue weighted by molar-refractivity contribution is 0.544. The number of nitrogens with one attached hydrogen (secondary N) is 1. The summed E-state index contributed by atoms with van der Waals surface area (Å²) in [6.45, 7) is 5.21. The van der Waals surface area contributed by atoms with Crippen LogP contribution in [0.15, 0.2) is 40.4 Å². The van der Waals surface area contributed by atoms with Crippen molar-refractivity contribution in [3.8, 4) is 0 Å². The minimum absolute atomic E-state index is 0.288. The summed E-state index contributed by atoms with van der Waals surface area (Å²) in [5.41, 5.74) is 3.71. The van der Waals surface area contributed by atoms with Crippen molar-refractivity contribution in [2.75, 3.05) is 6.54 Å². The van der Waals surface area contributed by atoms with Crippen molar-refractivity contribution in [3.63, 3.8) is 0 Å². The van der Waals surface area contributed by atoms with Crippen LogP contribution in [0.4, 0.5) is 0 Å². The Morgan fingerprint density at radius 2 is 2.24 bits per heavy atom. The highest BCUT2D eigenvalue weighted by atomic mass is 79.9. The number of hydrogen-bond donors (Lipinski definition) is 1. The van der Waals surface area contributed by atoms with Crippen molar-refractivity contribution in [2.45, 2.75) is 26.3 Å². The highest BCUT2D eigenvalue weighted by Gasteiger charge is 2.14. The SMILES string of the molecule is CCNC(Cc1cn2ccsc2n1)c1cc(C)cc(Br)c1. The van der Waals surface area contributed by atoms with E-state index in [-0.39, 0.29) is 6.04 Å². The minimum atomic E-state index is 0.288. The molecule has 1 unspecified atom stereocenters. The molecule has 1 N–H and O–H groups in total. The molecule has 0 bridgehead atoms. The molecular formula is C16H18BrN3S. The first-order valence-electron chi connectivity index (χ1n) is 7.07. The zero-order valence-corrected chi connectivity index (χ0v) is 14.5. The predicted molar refractivity (Wildman–Crippen MR) is 92.1 cm³/mol. The van der Waals surface area contributed by atoms with E-state index in [0.717, 1.165) is 28.1 Å². The van der Waals surface area contributed by atoms with Gasteiger partial charge in [0.25, 0.3) is 0 Å². The van der Waals surface area contributed by atoms with Crippen LogP contribution in [0.1, 0.15) is 29.8 Å². The Bertz CT molecular complexity index is 698. The first-order valence-corrected chi connectivity index (χ1v) is 8.74. The second kappa shape index (κ2) is 6.30. The van der Waals surface area contributed by atoms with Crippen LogP contribution in [-0.4, -0.2) is 15.9 Å². The maximum absolute atomic E-state index is 4.69. The van der Waals surface area contributed by atoms with Crippen LogP contribution in [0.2, 0.25) is 0 Å². The van der Waals surface area contributed by atoms with Crippen LogP contribution in [0.5, 0.6) is 0 Å². The fourth-order valence-corrected chi connectivity index (χ4v) is 3.95. The van der Waals surface area contributed by atoms with Gasteiger partial charge in [-0.2, -0.15) is 0 Å². The third kappa shape index (κ3) is 3.36. The Balaban J connectivity index is 1.88. The molecule has 2 heterocycles. The number of aromatic nitrogens is 2. The van der Waals surface area contributed by atoms with Gasteiger partial charge in [-0.05, 0) is 36.7 Å². The molecule has 3 aromatic rings. The molecule has 0 saturated heterocycles. The highest BCUT2D eigenvalue weighted by molar-refractivity contribution is 9.10. The first-order chi connectivity index (χ1) is 10.2. The van der Waals surface area contributed by atoms with Gasteiger partial charge in [0.1, 0.15) is 0 Å². The molecule has 0 aliphatic rings. The summed E-state index contributed by atoms with van der Waals surface area (Å²) in [4.78, 5) is 5.76. The summed E-state index contributed by atoms with van der Waals surface area (Å²) >= 11 is 5.27. The number of thiazole rings is 1. The molecule has 5 heteroatoms. The van der Waals surface area contributed by atoms with Gasteiger partial charge in [-0.15, -0.1) is 11.3 Å². The Morgan fingerprint density at radius 3 is 2.95 bits per heavy atom. The third-order valence-electron chi connectivity index (χ3n) is 3.47. The lowest BCUT2D eigenvalue weighted by atomic mass is 10.0. The van der Waals surface area contributed by atoms with Crippen LogP contribution in [0, 0.1) is 6.92 Å². The summed E-state index contributed by atoms with van der Waals surface area (Å²) in [5, 5.41) is 5.63. The van der Waals surface area contributed by atoms with Gasteiger partial charge in [0, 0.05) is 34.7 Å². The number of imidazole rings is 1. The molecule has 3 nitrogen and oxygen atoms in total. The average molecular weight is 364 g/mol. The number of aryl methyl sites for hydroxylation is 1. The topological polar surface area (TPSA) is 29.3 Å². The van der Waals surface area contributed by atoms with E-state index in [4.69, 9.17) is 4.98 Å². The molecule has 0 aliphatic carbocycles. The van der Waals surface area contributed by atoms with Gasteiger partial charge < -0.3 is 5.32 Å². The minimum Gasteiger partial charge on any atom is -0.310 e. The fraction of sp³-hybridized carbons (Fsp3) is 0.312. The normalized spacial score (nSPS) is 12.9. The first kappa shape index (κ1) is 14.8. The van der Waals surface area contributed by atoms with Gasteiger partial charge in [0.05, 0.1) is 5.69 Å². The van der Waals surface area contributed by atoms with Crippen LogP contribution < -0.4 is 5.32 Å². The van der Waals surface area contributed by atoms with Crippen molar-refractivity contribution >= 4 is 32.2 Å². The molecule has 2 aromatic heterocycles. The number of fused-ring (bicyclic) bond motifs is 1. The summed E-state index contributed by atoms with van der Waals surface area (Å²) in [7, 11) is 0. The van der Waals surface area contributed by atoms with E-state index in [9.17, 15) is 0 Å². The second-order valence-electron chi connectivity index (χ2n) is 5.20. The summed E-state index contributed by atoms with van der Waals surface area (Å²) < 4.78 is 3.22. The van der Waals surface area contributed by atoms with E-state index < -0.39 is 0 Å². The zero-order valence-electron chi connectivity index (χ0n) is 12.1. The molecule has 0 fully saturated rings. The molecule has 0 amide bonds. The Kier molecular flexibility index (Phi) is 4.42. The van der Waals surface area contributed by atoms with E-state index in [1.165, 1.54) is 11.1 Å². The molecule has 1 aromatic carbocycles. The van der Waals surface area contributed by atoms with Crippen LogP contribution >= 0.6 is 27.3 Å². The largest absolute Gasteiger partial charge is 0.310 e. The van der Waals surface area contributed by atoms with Crippen LogP contribution in [-0.2, 0) is 6.42 Å². The number of nitrogens with zero attached hydrogens (tertiary/aromatic N) is 2. The van der Waals surface area contributed by atoms with E-state index in [0.29, 0.717) is 0 Å². The van der Waals surface area contributed by atoms with Crippen molar-refractivity contribution in [2.24, 2.45) is 0 Å². The molecule has 21 heavy (non-hydrogen) atoms. The van der Waals surface area contributed by atoms with Crippen molar-refractivity contribution in [1.29, 1.82) is 0 Å². The lowest BCUT2D eigenvalue weighted by Gasteiger charge is -2.18. The number of hydrogen-bond acceptors (Lipinski definition) is 3. The maximum atomic E-state index is 4.69. The predicted octanol–water partition coefficient (Wildman–Crippen LogP) is 4.36. The lowest BCUT2D eigenvalue weighted by Crippen LogP contribution is -2.23. The van der Waals surface area contributed by atoms with E-state index in [2.05, 4.69) is 75.5 Å². The maximum Gasteiger partial charge on any atom is 0.193 e. The van der Waals surface area contributed by atoms with E-state index >= 15 is 0 Å². The highest BCUT2D eigenvalue weighted by Crippen LogP contribution is 2.24. The Labute approximate surface area is 137 Å². The summed E-state index contributed by atoms with van der Waals surface area (Å²) in [6, 6.07) is 6.87. The molecule has 1 atom stereocenters. The van der Waals surface area contributed by atoms with Gasteiger partial charge in [-0.3, -0.25) is 4.40 Å². The third-order valence-corrected chi connectivity index (χ3v) is 4.70. The van der Waals surface area contributed by atoms with Crippen LogP contribution in [0.3, 0.4) is 0 Å². The van der Waals surface area contributed by atoms with Crippen molar-refractivity contribution < 1.29 is 0 Å². The zero-order chi connectivity index (χ0) is 14.8. The summed E-state index contributed by atoms with van der Waals surface area (Å²) in [6.07, 6.45) is 5.08. The van der Waals surface area contributed by atoms with Crippen LogP contribution in [0.25, 0.3) is 4.96 Å². The fourth-order valence-electron chi connectivity index (χ4n) is 2.60. The van der Waals surface area contributed by atoms with Gasteiger partial charge >= 0.3 is 0 Å². The quantitative estimate of drug-likeness (QED) is 0.729. The number of rotatable bonds is 5. The molecule has 3 rings (SSSR count). The van der Waals surface area contributed by atoms with E-state index in [1.807, 2.05) is 0 Å². The van der Waals surface area contributed by atoms with E-state index in [1.54, 1.807) is 11.3 Å². The molecule has 0 aliphatic heterocycles. The van der Waals surface area contributed by atoms with Gasteiger partial charge in [0.15, 0.2) is 4.96 Å². The monoisotopic (exact) mass is 363 g/mol. The average Bonchev–Trinajstić information content (AvgIpc) is 2.97. The standard InChI is InChI=1S/C16H18BrN3S/c1-3-18-15(12-6-11(2)7-13(17)8-12)9-14-10-20-4-5-21-16(20)19-14/h4-8,10,15,18H,3,9H2,1-2H3. The molecule has 110 valence electrons. The Morgan fingerprint density at radius 1 is 1.38 bits per heavy atom. The molecule has 0 saturated carbocycles. The van der Waals surface area contributed by atoms with Gasteiger partial charge in [0.2, 0.25) is 0 Å². The van der Waals surface area contributed by atoms with Gasteiger partial charge in [-0.1, -0.05) is 28.9 Å². The smallest absolute Gasteiger partial charge is 0.193 e. The van der Waals surface area contributed by atoms with Crippen molar-refractivity contribution in [3.05, 3.63) is 57.3 Å².